The molecular formula is C9H17NO2. The van der Waals surface area contributed by atoms with Crippen molar-refractivity contribution in [3.8, 4) is 0 Å². The summed E-state index contributed by atoms with van der Waals surface area (Å²) in [7, 11) is 0. The molecule has 0 saturated carbocycles. The molecule has 1 aliphatic heterocycles. The molecule has 0 aromatic rings. The molecule has 0 radical (unpaired) electrons. The number of rotatable bonds is 4. The van der Waals surface area contributed by atoms with E-state index in [4.69, 9.17) is 9.47 Å². The summed E-state index contributed by atoms with van der Waals surface area (Å²) in [5, 5.41) is 3.16. The molecule has 1 aliphatic rings. The van der Waals surface area contributed by atoms with Crippen molar-refractivity contribution in [1.29, 1.82) is 0 Å². The molecule has 0 aliphatic carbocycles. The predicted octanol–water partition coefficient (Wildman–Crippen LogP) is 0.915. The normalized spacial score (nSPS) is 20.3. The van der Waals surface area contributed by atoms with E-state index in [1.165, 1.54) is 0 Å². The van der Waals surface area contributed by atoms with E-state index in [2.05, 4.69) is 11.9 Å². The molecule has 3 nitrogen and oxygen atoms in total. The highest BCUT2D eigenvalue weighted by atomic mass is 16.7. The van der Waals surface area contributed by atoms with Gasteiger partial charge in [-0.3, -0.25) is 0 Å². The maximum Gasteiger partial charge on any atom is 0.169 e. The van der Waals surface area contributed by atoms with Crippen LogP contribution in [0.3, 0.4) is 0 Å². The van der Waals surface area contributed by atoms with Crippen LogP contribution in [0.15, 0.2) is 12.7 Å². The summed E-state index contributed by atoms with van der Waals surface area (Å²) < 4.78 is 10.9. The first-order chi connectivity index (χ1) is 5.93. The Morgan fingerprint density at radius 3 is 2.58 bits per heavy atom. The van der Waals surface area contributed by atoms with Gasteiger partial charge in [-0.1, -0.05) is 6.08 Å². The van der Waals surface area contributed by atoms with Crippen LogP contribution in [-0.2, 0) is 9.47 Å². The highest BCUT2D eigenvalue weighted by Crippen LogP contribution is 2.04. The molecule has 1 saturated heterocycles. The van der Waals surface area contributed by atoms with E-state index in [1.54, 1.807) is 0 Å². The lowest BCUT2D eigenvalue weighted by atomic mass is 10.3. The monoisotopic (exact) mass is 171 g/mol. The van der Waals surface area contributed by atoms with Gasteiger partial charge in [0.15, 0.2) is 6.29 Å². The minimum Gasteiger partial charge on any atom is -0.351 e. The van der Waals surface area contributed by atoms with E-state index in [0.717, 1.165) is 39.1 Å². The maximum absolute atomic E-state index is 5.43. The van der Waals surface area contributed by atoms with Crippen LogP contribution in [0.25, 0.3) is 0 Å². The third-order valence-corrected chi connectivity index (χ3v) is 1.75. The first-order valence-corrected chi connectivity index (χ1v) is 4.48. The highest BCUT2D eigenvalue weighted by molar-refractivity contribution is 4.70. The lowest BCUT2D eigenvalue weighted by Crippen LogP contribution is -2.30. The largest absolute Gasteiger partial charge is 0.351 e. The van der Waals surface area contributed by atoms with Crippen LogP contribution in [0, 0.1) is 0 Å². The molecule has 0 aromatic heterocycles. The minimum atomic E-state index is -0.0625. The molecule has 3 heteroatoms. The molecule has 70 valence electrons. The number of hydrogen-bond acceptors (Lipinski definition) is 3. The van der Waals surface area contributed by atoms with Crippen LogP contribution in [0.4, 0.5) is 0 Å². The fourth-order valence-corrected chi connectivity index (χ4v) is 1.10. The van der Waals surface area contributed by atoms with Gasteiger partial charge in [0.25, 0.3) is 0 Å². The Morgan fingerprint density at radius 2 is 2.00 bits per heavy atom. The quantitative estimate of drug-likeness (QED) is 0.504. The topological polar surface area (TPSA) is 30.5 Å². The van der Waals surface area contributed by atoms with Gasteiger partial charge in [0.2, 0.25) is 0 Å². The lowest BCUT2D eigenvalue weighted by Gasteiger charge is -2.14. The second-order valence-electron chi connectivity index (χ2n) is 2.83. The molecular weight excluding hydrogens is 154 g/mol. The fourth-order valence-electron chi connectivity index (χ4n) is 1.10. The molecule has 0 atom stereocenters. The summed E-state index contributed by atoms with van der Waals surface area (Å²) >= 11 is 0. The van der Waals surface area contributed by atoms with Crippen LogP contribution in [0.1, 0.15) is 12.8 Å². The van der Waals surface area contributed by atoms with E-state index in [1.807, 2.05) is 6.08 Å². The molecule has 0 spiro atoms. The third-order valence-electron chi connectivity index (χ3n) is 1.75. The zero-order chi connectivity index (χ0) is 8.65. The van der Waals surface area contributed by atoms with Crippen LogP contribution in [-0.4, -0.2) is 32.6 Å². The van der Waals surface area contributed by atoms with Gasteiger partial charge in [-0.15, -0.1) is 6.58 Å². The van der Waals surface area contributed by atoms with E-state index >= 15 is 0 Å². The van der Waals surface area contributed by atoms with Crippen molar-refractivity contribution >= 4 is 0 Å². The average molecular weight is 171 g/mol. The average Bonchev–Trinajstić information content (AvgIpc) is 2.33. The summed E-state index contributed by atoms with van der Waals surface area (Å²) in [6, 6.07) is 0. The Bertz CT molecular complexity index is 120. The Morgan fingerprint density at radius 1 is 1.33 bits per heavy atom. The van der Waals surface area contributed by atoms with Gasteiger partial charge in [0.05, 0.1) is 0 Å². The molecule has 0 aromatic carbocycles. The second-order valence-corrected chi connectivity index (χ2v) is 2.83. The lowest BCUT2D eigenvalue weighted by molar-refractivity contribution is -0.122. The Labute approximate surface area is 73.7 Å². The van der Waals surface area contributed by atoms with Gasteiger partial charge in [-0.2, -0.15) is 0 Å². The van der Waals surface area contributed by atoms with Gasteiger partial charge >= 0.3 is 0 Å². The van der Waals surface area contributed by atoms with Crippen molar-refractivity contribution in [2.45, 2.75) is 19.1 Å². The van der Waals surface area contributed by atoms with Gasteiger partial charge in [0.1, 0.15) is 0 Å². The zero-order valence-corrected chi connectivity index (χ0v) is 7.42. The van der Waals surface area contributed by atoms with Crippen molar-refractivity contribution in [3.63, 3.8) is 0 Å². The molecule has 1 fully saturated rings. The first-order valence-electron chi connectivity index (χ1n) is 4.48. The van der Waals surface area contributed by atoms with Crippen LogP contribution in [0.5, 0.6) is 0 Å². The Kier molecular flexibility index (Phi) is 4.99. The van der Waals surface area contributed by atoms with Crippen molar-refractivity contribution in [2.75, 3.05) is 26.3 Å². The fraction of sp³-hybridized carbons (Fsp3) is 0.778. The molecule has 0 amide bonds. The van der Waals surface area contributed by atoms with E-state index < -0.39 is 0 Å². The molecule has 1 N–H and O–H groups in total. The van der Waals surface area contributed by atoms with E-state index in [-0.39, 0.29) is 6.29 Å². The molecule has 1 heterocycles. The zero-order valence-electron chi connectivity index (χ0n) is 7.42. The molecule has 1 rings (SSSR count). The number of hydrogen-bond donors (Lipinski definition) is 1. The minimum absolute atomic E-state index is 0.0625. The summed E-state index contributed by atoms with van der Waals surface area (Å²) in [6.45, 7) is 6.82. The van der Waals surface area contributed by atoms with Crippen molar-refractivity contribution in [1.82, 2.24) is 5.32 Å². The summed E-state index contributed by atoms with van der Waals surface area (Å²) in [6.07, 6.45) is 3.99. The van der Waals surface area contributed by atoms with E-state index in [0.29, 0.717) is 0 Å². The van der Waals surface area contributed by atoms with E-state index in [9.17, 15) is 0 Å². The standard InChI is InChI=1S/C9H17NO2/c1-2-5-10-8-9-11-6-3-4-7-12-9/h2,9-10H,1,3-8H2. The van der Waals surface area contributed by atoms with Crippen LogP contribution < -0.4 is 5.32 Å². The number of ether oxygens (including phenoxy) is 2. The number of nitrogens with one attached hydrogen (secondary N) is 1. The van der Waals surface area contributed by atoms with Crippen molar-refractivity contribution in [3.05, 3.63) is 12.7 Å². The van der Waals surface area contributed by atoms with Crippen LogP contribution >= 0.6 is 0 Å². The maximum atomic E-state index is 5.43. The first kappa shape index (κ1) is 9.71. The Balaban J connectivity index is 2.07. The van der Waals surface area contributed by atoms with Gasteiger partial charge < -0.3 is 14.8 Å². The summed E-state index contributed by atoms with van der Waals surface area (Å²) in [4.78, 5) is 0. The van der Waals surface area contributed by atoms with Crippen molar-refractivity contribution in [2.24, 2.45) is 0 Å². The molecule has 0 unspecified atom stereocenters. The van der Waals surface area contributed by atoms with Gasteiger partial charge in [-0.25, -0.2) is 0 Å². The Hall–Kier alpha value is -0.380. The summed E-state index contributed by atoms with van der Waals surface area (Å²) in [5.74, 6) is 0. The van der Waals surface area contributed by atoms with Crippen molar-refractivity contribution < 1.29 is 9.47 Å². The highest BCUT2D eigenvalue weighted by Gasteiger charge is 2.11. The van der Waals surface area contributed by atoms with Gasteiger partial charge in [-0.05, 0) is 12.8 Å². The predicted molar refractivity (Wildman–Crippen MR) is 48.0 cm³/mol. The third kappa shape index (κ3) is 3.85. The SMILES string of the molecule is C=CCNCC1OCCCCO1. The molecule has 12 heavy (non-hydrogen) atoms. The summed E-state index contributed by atoms with van der Waals surface area (Å²) in [5.41, 5.74) is 0. The smallest absolute Gasteiger partial charge is 0.169 e. The second kappa shape index (κ2) is 6.17. The van der Waals surface area contributed by atoms with Gasteiger partial charge in [0, 0.05) is 26.3 Å². The molecule has 0 bridgehead atoms. The van der Waals surface area contributed by atoms with Crippen LogP contribution in [0.2, 0.25) is 0 Å².